The van der Waals surface area contributed by atoms with Gasteiger partial charge in [0.1, 0.15) is 6.34 Å². The second kappa shape index (κ2) is 4.62. The zero-order valence-corrected chi connectivity index (χ0v) is 4.34. The minimum atomic E-state index is -1.50. The molecule has 0 aromatic heterocycles. The summed E-state index contributed by atoms with van der Waals surface area (Å²) in [6.45, 7) is 0.528. The van der Waals surface area contributed by atoms with Crippen molar-refractivity contribution in [2.45, 2.75) is 0 Å². The quantitative estimate of drug-likeness (QED) is 0.373. The summed E-state index contributed by atoms with van der Waals surface area (Å²) in [5, 5.41) is 20.5. The number of hydrogen-bond acceptors (Lipinski definition) is 5. The van der Waals surface area contributed by atoms with Gasteiger partial charge in [0, 0.05) is 0 Å². The van der Waals surface area contributed by atoms with Crippen molar-refractivity contribution < 1.29 is 10.3 Å². The summed E-state index contributed by atoms with van der Waals surface area (Å²) in [4.78, 5) is 12.0. The molecule has 0 saturated carbocycles. The van der Waals surface area contributed by atoms with E-state index >= 15 is 0 Å². The van der Waals surface area contributed by atoms with Crippen LogP contribution in [0, 0.1) is 10.1 Å². The Morgan fingerprint density at radius 2 is 2.33 bits per heavy atom. The van der Waals surface area contributed by atoms with Gasteiger partial charge in [-0.3, -0.25) is 0 Å². The maximum Gasteiger partial charge on any atom is 0.291 e. The highest BCUT2D eigenvalue weighted by molar-refractivity contribution is 5.55. The SMILES string of the molecule is C1=NCN=N1.O=[N+]([O-])O. The molecule has 7 heteroatoms. The number of azo groups is 1. The zero-order chi connectivity index (χ0) is 7.11. The molecule has 1 rings (SSSR count). The molecule has 0 fully saturated rings. The summed E-state index contributed by atoms with van der Waals surface area (Å²) in [6, 6.07) is 0. The summed E-state index contributed by atoms with van der Waals surface area (Å²) in [7, 11) is 0. The molecule has 0 amide bonds. The fourth-order valence-electron chi connectivity index (χ4n) is 0.183. The Hall–Kier alpha value is -1.53. The van der Waals surface area contributed by atoms with Crippen molar-refractivity contribution in [1.29, 1.82) is 0 Å². The van der Waals surface area contributed by atoms with Gasteiger partial charge in [-0.05, 0) is 0 Å². The number of rotatable bonds is 0. The highest BCUT2D eigenvalue weighted by Crippen LogP contribution is 1.80. The van der Waals surface area contributed by atoms with E-state index in [0.717, 1.165) is 0 Å². The first-order valence-electron chi connectivity index (χ1n) is 1.91. The highest BCUT2D eigenvalue weighted by atomic mass is 16.9. The molecule has 0 spiro atoms. The summed E-state index contributed by atoms with van der Waals surface area (Å²) in [5.74, 6) is 0. The van der Waals surface area contributed by atoms with E-state index in [1.165, 1.54) is 6.34 Å². The van der Waals surface area contributed by atoms with Crippen LogP contribution in [0.15, 0.2) is 15.2 Å². The lowest BCUT2D eigenvalue weighted by Gasteiger charge is -1.57. The molecule has 0 bridgehead atoms. The number of aliphatic imine (C=N–C) groups is 1. The van der Waals surface area contributed by atoms with Gasteiger partial charge < -0.3 is 5.21 Å². The van der Waals surface area contributed by atoms with Crippen LogP contribution in [0.4, 0.5) is 0 Å². The van der Waals surface area contributed by atoms with Crippen LogP contribution in [0.25, 0.3) is 0 Å². The Balaban J connectivity index is 0.000000148. The second-order valence-electron chi connectivity index (χ2n) is 0.934. The van der Waals surface area contributed by atoms with Crippen LogP contribution in [0.5, 0.6) is 0 Å². The third-order valence-electron chi connectivity index (χ3n) is 0.360. The zero-order valence-electron chi connectivity index (χ0n) is 4.34. The van der Waals surface area contributed by atoms with E-state index in [1.807, 2.05) is 0 Å². The molecule has 0 unspecified atom stereocenters. The smallest absolute Gasteiger partial charge is 0.291 e. The van der Waals surface area contributed by atoms with Gasteiger partial charge in [0.15, 0.2) is 6.67 Å². The molecule has 50 valence electrons. The Morgan fingerprint density at radius 3 is 2.44 bits per heavy atom. The Kier molecular flexibility index (Phi) is 3.84. The predicted molar refractivity (Wildman–Crippen MR) is 27.0 cm³/mol. The lowest BCUT2D eigenvalue weighted by molar-refractivity contribution is -0.742. The van der Waals surface area contributed by atoms with Crippen molar-refractivity contribution in [3.05, 3.63) is 10.1 Å². The van der Waals surface area contributed by atoms with Gasteiger partial charge in [-0.2, -0.15) is 5.11 Å². The van der Waals surface area contributed by atoms with Crippen LogP contribution < -0.4 is 0 Å². The first-order valence-corrected chi connectivity index (χ1v) is 1.91. The summed E-state index contributed by atoms with van der Waals surface area (Å²) < 4.78 is 0. The van der Waals surface area contributed by atoms with Crippen molar-refractivity contribution in [3.8, 4) is 0 Å². The van der Waals surface area contributed by atoms with Crippen molar-refractivity contribution in [1.82, 2.24) is 0 Å². The van der Waals surface area contributed by atoms with E-state index in [0.29, 0.717) is 6.67 Å². The fraction of sp³-hybridized carbons (Fsp3) is 0.500. The van der Waals surface area contributed by atoms with E-state index in [2.05, 4.69) is 15.2 Å². The largest absolute Gasteiger partial charge is 0.328 e. The van der Waals surface area contributed by atoms with Crippen LogP contribution in [0.3, 0.4) is 0 Å². The average molecular weight is 132 g/mol. The van der Waals surface area contributed by atoms with Crippen molar-refractivity contribution >= 4 is 6.34 Å². The molecular formula is C2H4N4O3. The Morgan fingerprint density at radius 1 is 1.78 bits per heavy atom. The molecule has 0 aliphatic carbocycles. The van der Waals surface area contributed by atoms with Crippen molar-refractivity contribution in [3.63, 3.8) is 0 Å². The summed E-state index contributed by atoms with van der Waals surface area (Å²) in [5.41, 5.74) is 0. The van der Waals surface area contributed by atoms with Gasteiger partial charge >= 0.3 is 0 Å². The second-order valence-corrected chi connectivity index (χ2v) is 0.934. The van der Waals surface area contributed by atoms with E-state index in [-0.39, 0.29) is 0 Å². The van der Waals surface area contributed by atoms with E-state index < -0.39 is 5.09 Å². The molecule has 0 aromatic rings. The molecule has 1 N–H and O–H groups in total. The average Bonchev–Trinajstić information content (AvgIpc) is 2.11. The molecule has 0 saturated heterocycles. The van der Waals surface area contributed by atoms with Crippen molar-refractivity contribution in [2.75, 3.05) is 6.67 Å². The summed E-state index contributed by atoms with van der Waals surface area (Å²) >= 11 is 0. The Labute approximate surface area is 49.8 Å². The maximum atomic E-state index is 8.36. The summed E-state index contributed by atoms with van der Waals surface area (Å²) in [6.07, 6.45) is 1.44. The van der Waals surface area contributed by atoms with Gasteiger partial charge in [-0.25, -0.2) is 4.99 Å². The molecule has 0 radical (unpaired) electrons. The molecule has 0 atom stereocenters. The van der Waals surface area contributed by atoms with Crippen LogP contribution in [0.1, 0.15) is 0 Å². The van der Waals surface area contributed by atoms with Gasteiger partial charge in [0.2, 0.25) is 0 Å². The molecule has 0 aromatic carbocycles. The Bertz CT molecular complexity index is 127. The molecule has 9 heavy (non-hydrogen) atoms. The standard InChI is InChI=1S/C2H3N3.HNO3/c1-3-2-5-4-1;2-1(3)4/h1H,2H2;(H,2,3,4). The number of nitrogens with zero attached hydrogens (tertiary/aromatic N) is 4. The topological polar surface area (TPSA) is 100 Å². The van der Waals surface area contributed by atoms with E-state index in [1.54, 1.807) is 0 Å². The minimum absolute atomic E-state index is 0.528. The normalized spacial score (nSPS) is 12.4. The van der Waals surface area contributed by atoms with Crippen molar-refractivity contribution in [2.24, 2.45) is 15.2 Å². The first kappa shape index (κ1) is 7.47. The van der Waals surface area contributed by atoms with Gasteiger partial charge in [-0.1, -0.05) is 0 Å². The monoisotopic (exact) mass is 132 g/mol. The third-order valence-corrected chi connectivity index (χ3v) is 0.360. The molecule has 1 aliphatic heterocycles. The lowest BCUT2D eigenvalue weighted by atomic mass is 11.2. The lowest BCUT2D eigenvalue weighted by Crippen LogP contribution is -1.81. The van der Waals surface area contributed by atoms with E-state index in [4.69, 9.17) is 15.3 Å². The van der Waals surface area contributed by atoms with Crippen LogP contribution in [-0.2, 0) is 0 Å². The number of hydrogen-bond donors (Lipinski definition) is 1. The first-order chi connectivity index (χ1) is 4.23. The van der Waals surface area contributed by atoms with E-state index in [9.17, 15) is 0 Å². The molecule has 1 aliphatic rings. The van der Waals surface area contributed by atoms with Crippen LogP contribution >= 0.6 is 0 Å². The van der Waals surface area contributed by atoms with Gasteiger partial charge in [0.05, 0.1) is 0 Å². The highest BCUT2D eigenvalue weighted by Gasteiger charge is 1.74. The van der Waals surface area contributed by atoms with Crippen LogP contribution in [0.2, 0.25) is 0 Å². The minimum Gasteiger partial charge on any atom is -0.328 e. The maximum absolute atomic E-state index is 8.36. The molecular weight excluding hydrogens is 128 g/mol. The van der Waals surface area contributed by atoms with Gasteiger partial charge in [-0.15, -0.1) is 15.2 Å². The van der Waals surface area contributed by atoms with Crippen LogP contribution in [-0.4, -0.2) is 23.3 Å². The fourth-order valence-corrected chi connectivity index (χ4v) is 0.183. The molecule has 7 nitrogen and oxygen atoms in total. The van der Waals surface area contributed by atoms with Gasteiger partial charge in [0.25, 0.3) is 5.09 Å². The predicted octanol–water partition coefficient (Wildman–Crippen LogP) is 0.0903. The third kappa shape index (κ3) is 10.7. The molecule has 1 heterocycles.